The number of aromatic nitrogens is 3. The molecule has 0 radical (unpaired) electrons. The third kappa shape index (κ3) is 2.84. The highest BCUT2D eigenvalue weighted by molar-refractivity contribution is 7.08. The number of nitrogens with zero attached hydrogens (tertiary/aromatic N) is 4. The van der Waals surface area contributed by atoms with Crippen molar-refractivity contribution in [3.8, 4) is 11.5 Å². The summed E-state index contributed by atoms with van der Waals surface area (Å²) in [7, 11) is 1.97. The van der Waals surface area contributed by atoms with Crippen LogP contribution in [0.1, 0.15) is 35.9 Å². The smallest absolute Gasteiger partial charge is 0.227 e. The maximum Gasteiger partial charge on any atom is 0.227 e. The summed E-state index contributed by atoms with van der Waals surface area (Å²) in [6, 6.07) is 2.48. The summed E-state index contributed by atoms with van der Waals surface area (Å²) in [6.07, 6.45) is 6.50. The standard InChI is InChI=1S/C17H20N4OS/c1-12-15(19-17(22-12)13-5-7-23-11-13)10-21-6-3-4-16(21)14-8-18-20(2)9-14/h5,7-9,11,16H,3-4,6,10H2,1-2H3/t16-/m0/s1. The third-order valence-corrected chi connectivity index (χ3v) is 5.17. The number of rotatable bonds is 4. The molecule has 0 N–H and O–H groups in total. The number of thiophene rings is 1. The average molecular weight is 328 g/mol. The lowest BCUT2D eigenvalue weighted by molar-refractivity contribution is 0.244. The van der Waals surface area contributed by atoms with Crippen LogP contribution in [0.5, 0.6) is 0 Å². The van der Waals surface area contributed by atoms with E-state index in [1.807, 2.05) is 36.3 Å². The molecule has 1 atom stereocenters. The first kappa shape index (κ1) is 14.7. The zero-order chi connectivity index (χ0) is 15.8. The molecule has 1 saturated heterocycles. The van der Waals surface area contributed by atoms with Crippen molar-refractivity contribution in [2.75, 3.05) is 6.54 Å². The quantitative estimate of drug-likeness (QED) is 0.731. The Labute approximate surface area is 139 Å². The lowest BCUT2D eigenvalue weighted by Gasteiger charge is -2.22. The Morgan fingerprint density at radius 3 is 3.09 bits per heavy atom. The Balaban J connectivity index is 1.55. The van der Waals surface area contributed by atoms with Gasteiger partial charge < -0.3 is 4.42 Å². The van der Waals surface area contributed by atoms with Gasteiger partial charge in [0.25, 0.3) is 0 Å². The van der Waals surface area contributed by atoms with Crippen LogP contribution >= 0.6 is 11.3 Å². The molecule has 0 saturated carbocycles. The molecule has 1 aliphatic rings. The van der Waals surface area contributed by atoms with E-state index in [1.165, 1.54) is 18.4 Å². The fraction of sp³-hybridized carbons (Fsp3) is 0.412. The van der Waals surface area contributed by atoms with Crippen LogP contribution in [0.4, 0.5) is 0 Å². The fourth-order valence-corrected chi connectivity index (χ4v) is 3.91. The molecule has 0 aromatic carbocycles. The molecule has 6 heteroatoms. The van der Waals surface area contributed by atoms with Crippen LogP contribution < -0.4 is 0 Å². The SMILES string of the molecule is Cc1oc(-c2ccsc2)nc1CN1CCC[C@H]1c1cnn(C)c1. The molecule has 3 aromatic heterocycles. The molecule has 4 rings (SSSR count). The minimum absolute atomic E-state index is 0.435. The molecule has 5 nitrogen and oxygen atoms in total. The van der Waals surface area contributed by atoms with E-state index in [2.05, 4.69) is 21.6 Å². The van der Waals surface area contributed by atoms with E-state index < -0.39 is 0 Å². The van der Waals surface area contributed by atoms with Crippen LogP contribution in [0.3, 0.4) is 0 Å². The average Bonchev–Trinajstić information content (AvgIpc) is 3.28. The number of hydrogen-bond acceptors (Lipinski definition) is 5. The molecule has 0 aliphatic carbocycles. The Kier molecular flexibility index (Phi) is 3.79. The predicted molar refractivity (Wildman–Crippen MR) is 90.1 cm³/mol. The molecule has 0 unspecified atom stereocenters. The first-order chi connectivity index (χ1) is 11.2. The van der Waals surface area contributed by atoms with Crippen molar-refractivity contribution >= 4 is 11.3 Å². The first-order valence-electron chi connectivity index (χ1n) is 7.92. The van der Waals surface area contributed by atoms with Crippen LogP contribution in [0.15, 0.2) is 33.6 Å². The van der Waals surface area contributed by atoms with Crippen molar-refractivity contribution in [2.24, 2.45) is 7.05 Å². The van der Waals surface area contributed by atoms with Crippen molar-refractivity contribution in [3.05, 3.63) is 46.2 Å². The summed E-state index contributed by atoms with van der Waals surface area (Å²) in [4.78, 5) is 7.21. The Morgan fingerprint density at radius 1 is 1.43 bits per heavy atom. The normalized spacial score (nSPS) is 18.8. The minimum atomic E-state index is 0.435. The highest BCUT2D eigenvalue weighted by Gasteiger charge is 2.28. The van der Waals surface area contributed by atoms with E-state index in [0.29, 0.717) is 6.04 Å². The van der Waals surface area contributed by atoms with Gasteiger partial charge in [-0.05, 0) is 37.8 Å². The zero-order valence-corrected chi connectivity index (χ0v) is 14.2. The highest BCUT2D eigenvalue weighted by atomic mass is 32.1. The molecule has 1 fully saturated rings. The molecule has 0 spiro atoms. The maximum absolute atomic E-state index is 5.87. The van der Waals surface area contributed by atoms with Gasteiger partial charge in [-0.1, -0.05) is 0 Å². The van der Waals surface area contributed by atoms with Gasteiger partial charge >= 0.3 is 0 Å². The zero-order valence-electron chi connectivity index (χ0n) is 13.4. The van der Waals surface area contributed by atoms with E-state index in [0.717, 1.165) is 36.0 Å². The Hall–Kier alpha value is -1.92. The van der Waals surface area contributed by atoms with E-state index >= 15 is 0 Å². The maximum atomic E-state index is 5.87. The molecule has 0 amide bonds. The summed E-state index contributed by atoms with van der Waals surface area (Å²) in [6.45, 7) is 3.94. The molecule has 120 valence electrons. The van der Waals surface area contributed by atoms with Gasteiger partial charge in [0.05, 0.1) is 11.9 Å². The number of oxazole rings is 1. The number of likely N-dealkylation sites (tertiary alicyclic amines) is 1. The van der Waals surface area contributed by atoms with E-state index in [9.17, 15) is 0 Å². The summed E-state index contributed by atoms with van der Waals surface area (Å²) in [5, 5.41) is 8.44. The van der Waals surface area contributed by atoms with Crippen LogP contribution in [-0.2, 0) is 13.6 Å². The molecule has 3 aromatic rings. The van der Waals surface area contributed by atoms with Crippen LogP contribution in [0, 0.1) is 6.92 Å². The van der Waals surface area contributed by atoms with Crippen LogP contribution in [-0.4, -0.2) is 26.2 Å². The largest absolute Gasteiger partial charge is 0.441 e. The first-order valence-corrected chi connectivity index (χ1v) is 8.86. The van der Waals surface area contributed by atoms with Gasteiger partial charge in [0.1, 0.15) is 5.76 Å². The highest BCUT2D eigenvalue weighted by Crippen LogP contribution is 2.34. The second kappa shape index (κ2) is 5.94. The molecular formula is C17H20N4OS. The van der Waals surface area contributed by atoms with Gasteiger partial charge in [0, 0.05) is 42.3 Å². The van der Waals surface area contributed by atoms with E-state index in [4.69, 9.17) is 9.40 Å². The molecule has 23 heavy (non-hydrogen) atoms. The molecule has 4 heterocycles. The van der Waals surface area contributed by atoms with Crippen molar-refractivity contribution < 1.29 is 4.42 Å². The van der Waals surface area contributed by atoms with Gasteiger partial charge in [0.15, 0.2) is 0 Å². The van der Waals surface area contributed by atoms with E-state index in [1.54, 1.807) is 11.3 Å². The summed E-state index contributed by atoms with van der Waals surface area (Å²) < 4.78 is 7.74. The van der Waals surface area contributed by atoms with Gasteiger partial charge in [-0.3, -0.25) is 9.58 Å². The Morgan fingerprint density at radius 2 is 2.35 bits per heavy atom. The second-order valence-electron chi connectivity index (χ2n) is 6.11. The fourth-order valence-electron chi connectivity index (χ4n) is 3.28. The molecule has 1 aliphatic heterocycles. The Bertz CT molecular complexity index is 789. The van der Waals surface area contributed by atoms with Gasteiger partial charge in [0.2, 0.25) is 5.89 Å². The summed E-state index contributed by atoms with van der Waals surface area (Å²) >= 11 is 1.66. The second-order valence-corrected chi connectivity index (χ2v) is 6.89. The summed E-state index contributed by atoms with van der Waals surface area (Å²) in [5.41, 5.74) is 3.40. The number of aryl methyl sites for hydroxylation is 2. The van der Waals surface area contributed by atoms with Crippen molar-refractivity contribution in [1.82, 2.24) is 19.7 Å². The minimum Gasteiger partial charge on any atom is -0.441 e. The predicted octanol–water partition coefficient (Wildman–Crippen LogP) is 3.78. The van der Waals surface area contributed by atoms with Crippen LogP contribution in [0.2, 0.25) is 0 Å². The van der Waals surface area contributed by atoms with Crippen molar-refractivity contribution in [3.63, 3.8) is 0 Å². The summed E-state index contributed by atoms with van der Waals surface area (Å²) in [5.74, 6) is 1.65. The van der Waals surface area contributed by atoms with Gasteiger partial charge in [-0.15, -0.1) is 0 Å². The van der Waals surface area contributed by atoms with Crippen molar-refractivity contribution in [2.45, 2.75) is 32.4 Å². The lowest BCUT2D eigenvalue weighted by atomic mass is 10.1. The topological polar surface area (TPSA) is 47.1 Å². The number of hydrogen-bond donors (Lipinski definition) is 0. The monoisotopic (exact) mass is 328 g/mol. The van der Waals surface area contributed by atoms with Gasteiger partial charge in [-0.25, -0.2) is 4.98 Å². The molecule has 0 bridgehead atoms. The molecular weight excluding hydrogens is 308 g/mol. The van der Waals surface area contributed by atoms with Crippen molar-refractivity contribution in [1.29, 1.82) is 0 Å². The van der Waals surface area contributed by atoms with E-state index in [-0.39, 0.29) is 0 Å². The third-order valence-electron chi connectivity index (χ3n) is 4.49. The van der Waals surface area contributed by atoms with Crippen LogP contribution in [0.25, 0.3) is 11.5 Å². The lowest BCUT2D eigenvalue weighted by Crippen LogP contribution is -2.23. The van der Waals surface area contributed by atoms with Gasteiger partial charge in [-0.2, -0.15) is 16.4 Å².